The summed E-state index contributed by atoms with van der Waals surface area (Å²) in [6, 6.07) is -0.383. The lowest BCUT2D eigenvalue weighted by Gasteiger charge is -2.14. The van der Waals surface area contributed by atoms with Crippen molar-refractivity contribution in [3.05, 3.63) is 0 Å². The first-order valence-corrected chi connectivity index (χ1v) is 4.52. The standard InChI is InChI=1S/C8H16ClNO2/c1-4-12-8(11)7(10-9)5-6(2)3/h6-7,10H,4-5H2,1-3H3/t7-/m0/s1. The highest BCUT2D eigenvalue weighted by Crippen LogP contribution is 2.06. The van der Waals surface area contributed by atoms with Gasteiger partial charge in [0.15, 0.2) is 0 Å². The van der Waals surface area contributed by atoms with Gasteiger partial charge in [0.2, 0.25) is 0 Å². The van der Waals surface area contributed by atoms with Crippen molar-refractivity contribution >= 4 is 17.7 Å². The van der Waals surface area contributed by atoms with Crippen LogP contribution < -0.4 is 4.84 Å². The molecule has 0 aromatic heterocycles. The molecule has 1 N–H and O–H groups in total. The molecular formula is C8H16ClNO2. The molecule has 0 rings (SSSR count). The van der Waals surface area contributed by atoms with Crippen LogP contribution >= 0.6 is 11.8 Å². The molecule has 0 unspecified atom stereocenters. The fourth-order valence-electron chi connectivity index (χ4n) is 0.900. The minimum atomic E-state index is -0.383. The Bertz CT molecular complexity index is 139. The predicted octanol–water partition coefficient (Wildman–Crippen LogP) is 1.71. The van der Waals surface area contributed by atoms with Crippen molar-refractivity contribution in [1.29, 1.82) is 0 Å². The molecule has 4 heteroatoms. The first-order valence-electron chi connectivity index (χ1n) is 4.14. The maximum atomic E-state index is 11.1. The number of hydrogen-bond acceptors (Lipinski definition) is 3. The van der Waals surface area contributed by atoms with E-state index in [0.29, 0.717) is 18.9 Å². The molecule has 0 saturated carbocycles. The van der Waals surface area contributed by atoms with Crippen LogP contribution in [0, 0.1) is 5.92 Å². The summed E-state index contributed by atoms with van der Waals surface area (Å²) in [6.07, 6.45) is 0.697. The van der Waals surface area contributed by atoms with Gasteiger partial charge in [-0.3, -0.25) is 4.79 Å². The summed E-state index contributed by atoms with van der Waals surface area (Å²) in [5.74, 6) is 0.145. The van der Waals surface area contributed by atoms with Crippen molar-refractivity contribution in [3.8, 4) is 0 Å². The van der Waals surface area contributed by atoms with E-state index >= 15 is 0 Å². The van der Waals surface area contributed by atoms with Crippen LogP contribution in [0.1, 0.15) is 27.2 Å². The van der Waals surface area contributed by atoms with E-state index in [1.807, 2.05) is 13.8 Å². The van der Waals surface area contributed by atoms with Crippen LogP contribution in [0.2, 0.25) is 0 Å². The van der Waals surface area contributed by atoms with Crippen LogP contribution in [0.5, 0.6) is 0 Å². The van der Waals surface area contributed by atoms with Crippen molar-refractivity contribution in [2.45, 2.75) is 33.2 Å². The molecule has 1 atom stereocenters. The fraction of sp³-hybridized carbons (Fsp3) is 0.875. The maximum Gasteiger partial charge on any atom is 0.324 e. The molecule has 0 fully saturated rings. The van der Waals surface area contributed by atoms with Gasteiger partial charge in [-0.1, -0.05) is 13.8 Å². The second-order valence-electron chi connectivity index (χ2n) is 3.04. The molecule has 0 amide bonds. The SMILES string of the molecule is CCOC(=O)[C@H](CC(C)C)NCl. The molecule has 0 radical (unpaired) electrons. The Hall–Kier alpha value is -0.280. The topological polar surface area (TPSA) is 38.3 Å². The van der Waals surface area contributed by atoms with E-state index < -0.39 is 0 Å². The van der Waals surface area contributed by atoms with Gasteiger partial charge in [0.05, 0.1) is 6.61 Å². The van der Waals surface area contributed by atoms with E-state index in [9.17, 15) is 4.79 Å². The van der Waals surface area contributed by atoms with Gasteiger partial charge < -0.3 is 4.74 Å². The van der Waals surface area contributed by atoms with Gasteiger partial charge in [0.1, 0.15) is 6.04 Å². The van der Waals surface area contributed by atoms with E-state index in [-0.39, 0.29) is 12.0 Å². The quantitative estimate of drug-likeness (QED) is 0.534. The van der Waals surface area contributed by atoms with Crippen molar-refractivity contribution < 1.29 is 9.53 Å². The first kappa shape index (κ1) is 11.7. The van der Waals surface area contributed by atoms with Crippen LogP contribution in [0.4, 0.5) is 0 Å². The van der Waals surface area contributed by atoms with Gasteiger partial charge in [0, 0.05) is 0 Å². The predicted molar refractivity (Wildman–Crippen MR) is 48.9 cm³/mol. The highest BCUT2D eigenvalue weighted by molar-refractivity contribution is 6.14. The number of halogens is 1. The maximum absolute atomic E-state index is 11.1. The Morgan fingerprint density at radius 1 is 1.58 bits per heavy atom. The molecule has 0 saturated heterocycles. The normalized spacial score (nSPS) is 13.1. The summed E-state index contributed by atoms with van der Waals surface area (Å²) in [7, 11) is 0. The monoisotopic (exact) mass is 193 g/mol. The van der Waals surface area contributed by atoms with Gasteiger partial charge in [-0.05, 0) is 31.0 Å². The summed E-state index contributed by atoms with van der Waals surface area (Å²) >= 11 is 5.39. The molecule has 0 heterocycles. The third-order valence-electron chi connectivity index (χ3n) is 1.41. The van der Waals surface area contributed by atoms with Crippen molar-refractivity contribution in [1.82, 2.24) is 4.84 Å². The van der Waals surface area contributed by atoms with E-state index in [1.54, 1.807) is 6.92 Å². The van der Waals surface area contributed by atoms with Gasteiger partial charge in [0.25, 0.3) is 0 Å². The van der Waals surface area contributed by atoms with Gasteiger partial charge in [-0.25, -0.2) is 4.84 Å². The smallest absolute Gasteiger partial charge is 0.324 e. The number of rotatable bonds is 5. The molecule has 72 valence electrons. The average Bonchev–Trinajstić information content (AvgIpc) is 2.00. The Morgan fingerprint density at radius 3 is 2.50 bits per heavy atom. The van der Waals surface area contributed by atoms with E-state index in [0.717, 1.165) is 0 Å². The minimum absolute atomic E-state index is 0.277. The summed E-state index contributed by atoms with van der Waals surface area (Å²) < 4.78 is 4.81. The van der Waals surface area contributed by atoms with E-state index in [4.69, 9.17) is 16.5 Å². The zero-order chi connectivity index (χ0) is 9.56. The van der Waals surface area contributed by atoms with Crippen molar-refractivity contribution in [3.63, 3.8) is 0 Å². The summed E-state index contributed by atoms with van der Waals surface area (Å²) in [4.78, 5) is 13.6. The second kappa shape index (κ2) is 6.26. The van der Waals surface area contributed by atoms with Gasteiger partial charge >= 0.3 is 5.97 Å². The van der Waals surface area contributed by atoms with Gasteiger partial charge in [-0.15, -0.1) is 0 Å². The molecule has 0 aliphatic rings. The minimum Gasteiger partial charge on any atom is -0.465 e. The molecule has 0 aromatic rings. The molecule has 0 aliphatic heterocycles. The van der Waals surface area contributed by atoms with Crippen LogP contribution in [-0.2, 0) is 9.53 Å². The fourth-order valence-corrected chi connectivity index (χ4v) is 1.08. The molecule has 0 spiro atoms. The summed E-state index contributed by atoms with van der Waals surface area (Å²) in [6.45, 7) is 6.23. The number of carbonyl (C=O) groups excluding carboxylic acids is 1. The molecule has 12 heavy (non-hydrogen) atoms. The zero-order valence-electron chi connectivity index (χ0n) is 7.76. The molecule has 0 aliphatic carbocycles. The molecular weight excluding hydrogens is 178 g/mol. The lowest BCUT2D eigenvalue weighted by molar-refractivity contribution is -0.145. The Balaban J connectivity index is 3.87. The Morgan fingerprint density at radius 2 is 2.17 bits per heavy atom. The van der Waals surface area contributed by atoms with E-state index in [1.165, 1.54) is 0 Å². The Labute approximate surface area is 78.5 Å². The number of carbonyl (C=O) groups is 1. The van der Waals surface area contributed by atoms with E-state index in [2.05, 4.69) is 4.84 Å². The first-order chi connectivity index (χ1) is 5.61. The van der Waals surface area contributed by atoms with Gasteiger partial charge in [-0.2, -0.15) is 0 Å². The van der Waals surface area contributed by atoms with Crippen LogP contribution in [-0.4, -0.2) is 18.6 Å². The molecule has 0 aromatic carbocycles. The molecule has 3 nitrogen and oxygen atoms in total. The van der Waals surface area contributed by atoms with Crippen molar-refractivity contribution in [2.75, 3.05) is 6.61 Å². The van der Waals surface area contributed by atoms with Crippen LogP contribution in [0.3, 0.4) is 0 Å². The number of ether oxygens (including phenoxy) is 1. The number of nitrogens with one attached hydrogen (secondary N) is 1. The summed E-state index contributed by atoms with van der Waals surface area (Å²) in [5.41, 5.74) is 0. The average molecular weight is 194 g/mol. The van der Waals surface area contributed by atoms with Crippen LogP contribution in [0.25, 0.3) is 0 Å². The number of hydrogen-bond donors (Lipinski definition) is 1. The largest absolute Gasteiger partial charge is 0.465 e. The molecule has 0 bridgehead atoms. The van der Waals surface area contributed by atoms with Crippen molar-refractivity contribution in [2.24, 2.45) is 5.92 Å². The lowest BCUT2D eigenvalue weighted by Crippen LogP contribution is -2.33. The lowest BCUT2D eigenvalue weighted by atomic mass is 10.1. The third-order valence-corrected chi connectivity index (χ3v) is 1.67. The summed E-state index contributed by atoms with van der Waals surface area (Å²) in [5, 5.41) is 0. The highest BCUT2D eigenvalue weighted by atomic mass is 35.5. The second-order valence-corrected chi connectivity index (χ2v) is 3.26. The Kier molecular flexibility index (Phi) is 6.11. The number of esters is 1. The zero-order valence-corrected chi connectivity index (χ0v) is 8.52. The third kappa shape index (κ3) is 4.57. The van der Waals surface area contributed by atoms with Crippen LogP contribution in [0.15, 0.2) is 0 Å². The highest BCUT2D eigenvalue weighted by Gasteiger charge is 2.19.